The molecule has 29 heavy (non-hydrogen) atoms. The highest BCUT2D eigenvalue weighted by atomic mass is 16.6. The Labute approximate surface area is 164 Å². The number of non-ortho nitro benzene ring substituents is 1. The summed E-state index contributed by atoms with van der Waals surface area (Å²) in [5.41, 5.74) is 0.925. The maximum atomic E-state index is 12.3. The molecule has 3 rings (SSSR count). The van der Waals surface area contributed by atoms with Crippen molar-refractivity contribution in [2.45, 2.75) is 0 Å². The van der Waals surface area contributed by atoms with Crippen LogP contribution in [0.3, 0.4) is 0 Å². The number of rotatable bonds is 8. The first-order chi connectivity index (χ1) is 14.0. The van der Waals surface area contributed by atoms with E-state index in [1.165, 1.54) is 47.4 Å². The summed E-state index contributed by atoms with van der Waals surface area (Å²) in [6.07, 6.45) is 4.51. The zero-order chi connectivity index (χ0) is 20.8. The van der Waals surface area contributed by atoms with Crippen LogP contribution >= 0.6 is 0 Å². The van der Waals surface area contributed by atoms with Gasteiger partial charge in [0.25, 0.3) is 17.3 Å². The van der Waals surface area contributed by atoms with Crippen molar-refractivity contribution >= 4 is 23.0 Å². The summed E-state index contributed by atoms with van der Waals surface area (Å²) in [4.78, 5) is 37.1. The van der Waals surface area contributed by atoms with Crippen LogP contribution in [0.2, 0.25) is 0 Å². The van der Waals surface area contributed by atoms with E-state index in [1.807, 2.05) is 0 Å². The Kier molecular flexibility index (Phi) is 5.78. The van der Waals surface area contributed by atoms with Crippen molar-refractivity contribution in [2.24, 2.45) is 0 Å². The molecule has 1 aromatic heterocycles. The minimum Gasteiger partial charge on any atom is -0.383 e. The molecule has 0 aliphatic rings. The smallest absolute Gasteiger partial charge is 0.294 e. The Hall–Kier alpha value is -4.28. The molecule has 0 saturated heterocycles. The molecule has 0 saturated carbocycles. The van der Waals surface area contributed by atoms with Gasteiger partial charge in [-0.3, -0.25) is 25.0 Å². The van der Waals surface area contributed by atoms with Gasteiger partial charge in [0.1, 0.15) is 5.69 Å². The van der Waals surface area contributed by atoms with Crippen LogP contribution in [0.25, 0.3) is 5.69 Å². The Morgan fingerprint density at radius 1 is 1.03 bits per heavy atom. The van der Waals surface area contributed by atoms with Gasteiger partial charge in [0.2, 0.25) is 0 Å². The Bertz CT molecular complexity index is 1030. The van der Waals surface area contributed by atoms with Gasteiger partial charge >= 0.3 is 0 Å². The largest absolute Gasteiger partial charge is 0.383 e. The summed E-state index contributed by atoms with van der Waals surface area (Å²) in [5.74, 6) is -0.448. The van der Waals surface area contributed by atoms with E-state index in [4.69, 9.17) is 0 Å². The van der Waals surface area contributed by atoms with E-state index in [2.05, 4.69) is 15.6 Å². The molecule has 0 fully saturated rings. The highest BCUT2D eigenvalue weighted by Crippen LogP contribution is 2.24. The van der Waals surface area contributed by atoms with Gasteiger partial charge in [-0.2, -0.15) is 0 Å². The molecule has 0 unspecified atom stereocenters. The first kappa shape index (κ1) is 19.5. The monoisotopic (exact) mass is 396 g/mol. The molecule has 2 aromatic carbocycles. The van der Waals surface area contributed by atoms with Crippen molar-refractivity contribution in [2.75, 3.05) is 18.4 Å². The van der Waals surface area contributed by atoms with Crippen molar-refractivity contribution in [3.8, 4) is 5.69 Å². The molecule has 11 heteroatoms. The molecule has 2 N–H and O–H groups in total. The van der Waals surface area contributed by atoms with Crippen LogP contribution < -0.4 is 10.6 Å². The topological polar surface area (TPSA) is 145 Å². The predicted molar refractivity (Wildman–Crippen MR) is 104 cm³/mol. The van der Waals surface area contributed by atoms with Crippen molar-refractivity contribution < 1.29 is 14.6 Å². The van der Waals surface area contributed by atoms with Crippen LogP contribution in [0.5, 0.6) is 0 Å². The summed E-state index contributed by atoms with van der Waals surface area (Å²) in [6, 6.07) is 10.1. The summed E-state index contributed by atoms with van der Waals surface area (Å²) < 4.78 is 1.49. The molecule has 0 atom stereocenters. The Morgan fingerprint density at radius 3 is 2.41 bits per heavy atom. The third-order valence-corrected chi connectivity index (χ3v) is 4.03. The average Bonchev–Trinajstić information content (AvgIpc) is 3.25. The summed E-state index contributed by atoms with van der Waals surface area (Å²) >= 11 is 0. The second kappa shape index (κ2) is 8.61. The van der Waals surface area contributed by atoms with E-state index in [9.17, 15) is 25.0 Å². The number of nitrogens with one attached hydrogen (secondary N) is 2. The SMILES string of the molecule is O=C(NCCNc1ccc([N+](=O)[O-])cc1)c1ccc(-n2ccnc2)c([N+](=O)[O-])c1. The summed E-state index contributed by atoms with van der Waals surface area (Å²) in [6.45, 7) is 0.631. The minimum atomic E-state index is -0.553. The third kappa shape index (κ3) is 4.71. The molecule has 11 nitrogen and oxygen atoms in total. The predicted octanol–water partition coefficient (Wildman–Crippen LogP) is 2.53. The number of imidazole rings is 1. The molecule has 0 bridgehead atoms. The van der Waals surface area contributed by atoms with E-state index in [1.54, 1.807) is 18.3 Å². The summed E-state index contributed by atoms with van der Waals surface area (Å²) in [7, 11) is 0. The first-order valence-corrected chi connectivity index (χ1v) is 8.49. The third-order valence-electron chi connectivity index (χ3n) is 4.03. The van der Waals surface area contributed by atoms with Crippen LogP contribution in [0.1, 0.15) is 10.4 Å². The number of nitro benzene ring substituents is 2. The quantitative estimate of drug-likeness (QED) is 0.338. The molecular weight excluding hydrogens is 380 g/mol. The average molecular weight is 396 g/mol. The lowest BCUT2D eigenvalue weighted by Gasteiger charge is -2.09. The first-order valence-electron chi connectivity index (χ1n) is 8.49. The number of hydrogen-bond acceptors (Lipinski definition) is 7. The van der Waals surface area contributed by atoms with E-state index in [0.717, 1.165) is 0 Å². The number of benzene rings is 2. The molecular formula is C18H16N6O5. The van der Waals surface area contributed by atoms with Gasteiger partial charge in [-0.05, 0) is 24.3 Å². The molecule has 3 aromatic rings. The number of nitrogens with zero attached hydrogens (tertiary/aromatic N) is 4. The molecule has 148 valence electrons. The highest BCUT2D eigenvalue weighted by molar-refractivity contribution is 5.95. The van der Waals surface area contributed by atoms with Crippen LogP contribution in [0.4, 0.5) is 17.1 Å². The van der Waals surface area contributed by atoms with Crippen LogP contribution in [-0.2, 0) is 0 Å². The maximum absolute atomic E-state index is 12.3. The van der Waals surface area contributed by atoms with Crippen molar-refractivity contribution in [3.63, 3.8) is 0 Å². The Morgan fingerprint density at radius 2 is 1.79 bits per heavy atom. The fourth-order valence-corrected chi connectivity index (χ4v) is 2.62. The second-order valence-corrected chi connectivity index (χ2v) is 5.92. The van der Waals surface area contributed by atoms with E-state index in [0.29, 0.717) is 17.9 Å². The van der Waals surface area contributed by atoms with Gasteiger partial charge in [0, 0.05) is 54.9 Å². The standard InChI is InChI=1S/C18H16N6O5/c25-18(21-8-7-20-14-2-4-15(5-3-14)23(26)27)13-1-6-16(17(11-13)24(28)29)22-10-9-19-12-22/h1-6,9-12,20H,7-8H2,(H,21,25). The van der Waals surface area contributed by atoms with E-state index >= 15 is 0 Å². The zero-order valence-corrected chi connectivity index (χ0v) is 15.0. The fourth-order valence-electron chi connectivity index (χ4n) is 2.62. The summed E-state index contributed by atoms with van der Waals surface area (Å²) in [5, 5.41) is 27.7. The van der Waals surface area contributed by atoms with Crippen LogP contribution in [0, 0.1) is 20.2 Å². The van der Waals surface area contributed by atoms with Gasteiger partial charge in [-0.15, -0.1) is 0 Å². The van der Waals surface area contributed by atoms with Gasteiger partial charge in [0.15, 0.2) is 0 Å². The molecule has 0 spiro atoms. The fraction of sp³-hybridized carbons (Fsp3) is 0.111. The minimum absolute atomic E-state index is 0.00964. The Balaban J connectivity index is 1.58. The number of anilines is 1. The molecule has 0 aliphatic carbocycles. The van der Waals surface area contributed by atoms with E-state index in [-0.39, 0.29) is 23.5 Å². The van der Waals surface area contributed by atoms with Gasteiger partial charge in [-0.1, -0.05) is 0 Å². The van der Waals surface area contributed by atoms with Crippen molar-refractivity contribution in [3.05, 3.63) is 87.0 Å². The lowest BCUT2D eigenvalue weighted by atomic mass is 10.1. The molecule has 1 amide bonds. The van der Waals surface area contributed by atoms with Gasteiger partial charge in [0.05, 0.1) is 16.2 Å². The number of nitro groups is 2. The van der Waals surface area contributed by atoms with E-state index < -0.39 is 15.8 Å². The number of hydrogen-bond donors (Lipinski definition) is 2. The molecule has 0 radical (unpaired) electrons. The number of carbonyl (C=O) groups excluding carboxylic acids is 1. The lowest BCUT2D eigenvalue weighted by Crippen LogP contribution is -2.28. The van der Waals surface area contributed by atoms with Crippen molar-refractivity contribution in [1.82, 2.24) is 14.9 Å². The lowest BCUT2D eigenvalue weighted by molar-refractivity contribution is -0.384. The molecule has 1 heterocycles. The normalized spacial score (nSPS) is 10.3. The van der Waals surface area contributed by atoms with Crippen molar-refractivity contribution in [1.29, 1.82) is 0 Å². The maximum Gasteiger partial charge on any atom is 0.294 e. The van der Waals surface area contributed by atoms with Crippen LogP contribution in [-0.4, -0.2) is 38.4 Å². The number of amides is 1. The highest BCUT2D eigenvalue weighted by Gasteiger charge is 2.18. The molecule has 0 aliphatic heterocycles. The second-order valence-electron chi connectivity index (χ2n) is 5.92. The number of carbonyl (C=O) groups is 1. The van der Waals surface area contributed by atoms with Crippen LogP contribution in [0.15, 0.2) is 61.2 Å². The zero-order valence-electron chi connectivity index (χ0n) is 15.0. The number of aromatic nitrogens is 2. The van der Waals surface area contributed by atoms with Gasteiger partial charge < -0.3 is 15.2 Å². The van der Waals surface area contributed by atoms with Gasteiger partial charge in [-0.25, -0.2) is 4.98 Å².